The van der Waals surface area contributed by atoms with Crippen molar-refractivity contribution < 1.29 is 4.74 Å². The number of pyridine rings is 1. The molecule has 4 heteroatoms. The number of hydrogen-bond donors (Lipinski definition) is 1. The van der Waals surface area contributed by atoms with Crippen molar-refractivity contribution in [3.63, 3.8) is 0 Å². The van der Waals surface area contributed by atoms with Crippen LogP contribution in [0.3, 0.4) is 0 Å². The van der Waals surface area contributed by atoms with Crippen molar-refractivity contribution in [3.8, 4) is 0 Å². The highest BCUT2D eigenvalue weighted by Crippen LogP contribution is 2.31. The number of nitrogens with zero attached hydrogens (tertiary/aromatic N) is 2. The van der Waals surface area contributed by atoms with Gasteiger partial charge in [0.15, 0.2) is 0 Å². The fourth-order valence-corrected chi connectivity index (χ4v) is 2.09. The molecular formula is C14H23N3O. The average molecular weight is 249 g/mol. The van der Waals surface area contributed by atoms with Gasteiger partial charge in [0.1, 0.15) is 0 Å². The minimum absolute atomic E-state index is 0.0485. The van der Waals surface area contributed by atoms with Gasteiger partial charge in [0.25, 0.3) is 0 Å². The van der Waals surface area contributed by atoms with Crippen LogP contribution in [0.5, 0.6) is 0 Å². The molecule has 0 aromatic carbocycles. The van der Waals surface area contributed by atoms with Crippen LogP contribution >= 0.6 is 0 Å². The van der Waals surface area contributed by atoms with Crippen LogP contribution in [0.2, 0.25) is 0 Å². The van der Waals surface area contributed by atoms with Gasteiger partial charge in [0.05, 0.1) is 24.2 Å². The standard InChI is InChI=1S/C14H23N3O/c1-3-13(15)14-7-6-12(10-16-14)17(8-9-18-2)11-4-5-11/h6-7,10-11,13H,3-5,8-9,15H2,1-2H3. The Kier molecular flexibility index (Phi) is 4.55. The first-order chi connectivity index (χ1) is 8.76. The summed E-state index contributed by atoms with van der Waals surface area (Å²) in [6.45, 7) is 3.77. The topological polar surface area (TPSA) is 51.4 Å². The largest absolute Gasteiger partial charge is 0.383 e. The van der Waals surface area contributed by atoms with Gasteiger partial charge in [-0.2, -0.15) is 0 Å². The second kappa shape index (κ2) is 6.16. The van der Waals surface area contributed by atoms with E-state index in [0.717, 1.165) is 25.3 Å². The number of aromatic nitrogens is 1. The molecule has 1 heterocycles. The van der Waals surface area contributed by atoms with E-state index in [4.69, 9.17) is 10.5 Å². The van der Waals surface area contributed by atoms with Crippen molar-refractivity contribution in [3.05, 3.63) is 24.0 Å². The Bertz CT molecular complexity index is 362. The molecule has 0 bridgehead atoms. The molecule has 0 saturated heterocycles. The Morgan fingerprint density at radius 3 is 2.78 bits per heavy atom. The smallest absolute Gasteiger partial charge is 0.0637 e. The van der Waals surface area contributed by atoms with Crippen LogP contribution in [0.25, 0.3) is 0 Å². The summed E-state index contributed by atoms with van der Waals surface area (Å²) in [7, 11) is 1.74. The molecule has 1 unspecified atom stereocenters. The van der Waals surface area contributed by atoms with Crippen LogP contribution in [0.1, 0.15) is 37.9 Å². The van der Waals surface area contributed by atoms with Crippen LogP contribution in [0.15, 0.2) is 18.3 Å². The fraction of sp³-hybridized carbons (Fsp3) is 0.643. The molecule has 4 nitrogen and oxygen atoms in total. The van der Waals surface area contributed by atoms with E-state index in [0.29, 0.717) is 6.04 Å². The van der Waals surface area contributed by atoms with Crippen molar-refractivity contribution in [2.24, 2.45) is 5.73 Å². The molecule has 1 aromatic heterocycles. The van der Waals surface area contributed by atoms with E-state index in [9.17, 15) is 0 Å². The lowest BCUT2D eigenvalue weighted by Crippen LogP contribution is -2.29. The van der Waals surface area contributed by atoms with Crippen molar-refractivity contribution in [1.29, 1.82) is 0 Å². The molecule has 0 spiro atoms. The van der Waals surface area contributed by atoms with Crippen LogP contribution in [0, 0.1) is 0 Å². The summed E-state index contributed by atoms with van der Waals surface area (Å²) >= 11 is 0. The van der Waals surface area contributed by atoms with E-state index in [1.807, 2.05) is 12.3 Å². The molecular weight excluding hydrogens is 226 g/mol. The van der Waals surface area contributed by atoms with E-state index < -0.39 is 0 Å². The molecule has 18 heavy (non-hydrogen) atoms. The molecule has 1 aliphatic carbocycles. The predicted octanol–water partition coefficient (Wildman–Crippen LogP) is 2.11. The second-order valence-electron chi connectivity index (χ2n) is 4.87. The highest BCUT2D eigenvalue weighted by Gasteiger charge is 2.29. The van der Waals surface area contributed by atoms with Crippen molar-refractivity contribution >= 4 is 5.69 Å². The van der Waals surface area contributed by atoms with Gasteiger partial charge >= 0.3 is 0 Å². The lowest BCUT2D eigenvalue weighted by atomic mass is 10.1. The molecule has 1 aliphatic rings. The molecule has 1 atom stereocenters. The van der Waals surface area contributed by atoms with Crippen LogP contribution < -0.4 is 10.6 Å². The van der Waals surface area contributed by atoms with Crippen molar-refractivity contribution in [1.82, 2.24) is 4.98 Å². The molecule has 100 valence electrons. The molecule has 0 amide bonds. The molecule has 1 aromatic rings. The quantitative estimate of drug-likeness (QED) is 0.804. The molecule has 2 rings (SSSR count). The molecule has 1 fully saturated rings. The second-order valence-corrected chi connectivity index (χ2v) is 4.87. The SMILES string of the molecule is CCC(N)c1ccc(N(CCOC)C2CC2)cn1. The predicted molar refractivity (Wildman–Crippen MR) is 73.7 cm³/mol. The first-order valence-electron chi connectivity index (χ1n) is 6.73. The summed E-state index contributed by atoms with van der Waals surface area (Å²) in [5, 5.41) is 0. The zero-order chi connectivity index (χ0) is 13.0. The zero-order valence-electron chi connectivity index (χ0n) is 11.3. The number of anilines is 1. The summed E-state index contributed by atoms with van der Waals surface area (Å²) in [6, 6.07) is 4.90. The third-order valence-corrected chi connectivity index (χ3v) is 3.45. The zero-order valence-corrected chi connectivity index (χ0v) is 11.3. The van der Waals surface area contributed by atoms with E-state index in [2.05, 4.69) is 22.9 Å². The van der Waals surface area contributed by atoms with E-state index >= 15 is 0 Å². The van der Waals surface area contributed by atoms with Gasteiger partial charge in [0, 0.05) is 25.7 Å². The highest BCUT2D eigenvalue weighted by atomic mass is 16.5. The van der Waals surface area contributed by atoms with Crippen LogP contribution in [0.4, 0.5) is 5.69 Å². The Morgan fingerprint density at radius 1 is 1.50 bits per heavy atom. The van der Waals surface area contributed by atoms with Crippen molar-refractivity contribution in [2.75, 3.05) is 25.2 Å². The number of ether oxygens (including phenoxy) is 1. The van der Waals surface area contributed by atoms with Crippen molar-refractivity contribution in [2.45, 2.75) is 38.3 Å². The van der Waals surface area contributed by atoms with E-state index in [1.54, 1.807) is 7.11 Å². The molecule has 0 aliphatic heterocycles. The summed E-state index contributed by atoms with van der Waals surface area (Å²) in [5.74, 6) is 0. The third-order valence-electron chi connectivity index (χ3n) is 3.45. The Hall–Kier alpha value is -1.13. The van der Waals surface area contributed by atoms with Gasteiger partial charge in [-0.1, -0.05) is 6.92 Å². The Balaban J connectivity index is 2.05. The maximum absolute atomic E-state index is 5.98. The first-order valence-corrected chi connectivity index (χ1v) is 6.73. The number of methoxy groups -OCH3 is 1. The van der Waals surface area contributed by atoms with E-state index in [1.165, 1.54) is 18.5 Å². The van der Waals surface area contributed by atoms with Gasteiger partial charge in [0.2, 0.25) is 0 Å². The van der Waals surface area contributed by atoms with Gasteiger partial charge in [-0.25, -0.2) is 0 Å². The molecule has 0 radical (unpaired) electrons. The Labute approximate surface area is 109 Å². The summed E-state index contributed by atoms with van der Waals surface area (Å²) in [5.41, 5.74) is 8.13. The number of nitrogens with two attached hydrogens (primary N) is 1. The van der Waals surface area contributed by atoms with Crippen LogP contribution in [-0.2, 0) is 4.74 Å². The van der Waals surface area contributed by atoms with Crippen LogP contribution in [-0.4, -0.2) is 31.3 Å². The van der Waals surface area contributed by atoms with Gasteiger partial charge in [-0.3, -0.25) is 4.98 Å². The monoisotopic (exact) mass is 249 g/mol. The summed E-state index contributed by atoms with van der Waals surface area (Å²) in [6.07, 6.45) is 5.42. The maximum Gasteiger partial charge on any atom is 0.0637 e. The van der Waals surface area contributed by atoms with Gasteiger partial charge in [-0.15, -0.1) is 0 Å². The number of rotatable bonds is 7. The molecule has 1 saturated carbocycles. The lowest BCUT2D eigenvalue weighted by molar-refractivity contribution is 0.205. The minimum atomic E-state index is 0.0485. The lowest BCUT2D eigenvalue weighted by Gasteiger charge is -2.24. The first kappa shape index (κ1) is 13.3. The highest BCUT2D eigenvalue weighted by molar-refractivity contribution is 5.47. The summed E-state index contributed by atoms with van der Waals surface area (Å²) in [4.78, 5) is 6.87. The Morgan fingerprint density at radius 2 is 2.28 bits per heavy atom. The van der Waals surface area contributed by atoms with Gasteiger partial charge < -0.3 is 15.4 Å². The normalized spacial score (nSPS) is 16.6. The molecule has 2 N–H and O–H groups in total. The fourth-order valence-electron chi connectivity index (χ4n) is 2.09. The third kappa shape index (κ3) is 3.21. The van der Waals surface area contributed by atoms with E-state index in [-0.39, 0.29) is 6.04 Å². The number of hydrogen-bond acceptors (Lipinski definition) is 4. The average Bonchev–Trinajstić information content (AvgIpc) is 3.24. The minimum Gasteiger partial charge on any atom is -0.383 e. The maximum atomic E-state index is 5.98. The van der Waals surface area contributed by atoms with Gasteiger partial charge in [-0.05, 0) is 31.4 Å². The summed E-state index contributed by atoms with van der Waals surface area (Å²) < 4.78 is 5.17.